The van der Waals surface area contributed by atoms with Crippen molar-refractivity contribution in [1.82, 2.24) is 0 Å². The molecule has 268 valence electrons. The Hall–Kier alpha value is -1.10. The van der Waals surface area contributed by atoms with Crippen molar-refractivity contribution < 1.29 is 24.2 Å². The number of aliphatic hydroxyl groups is 1. The molecule has 0 bridgehead atoms. The molecule has 0 aromatic carbocycles. The predicted molar refractivity (Wildman–Crippen MR) is 192 cm³/mol. The Morgan fingerprint density at radius 2 is 0.711 bits per heavy atom. The first-order valence-corrected chi connectivity index (χ1v) is 19.9. The van der Waals surface area contributed by atoms with Crippen molar-refractivity contribution in [3.63, 3.8) is 0 Å². The van der Waals surface area contributed by atoms with E-state index >= 15 is 0 Å². The van der Waals surface area contributed by atoms with Gasteiger partial charge in [0.2, 0.25) is 0 Å². The minimum atomic E-state index is -0.954. The summed E-state index contributed by atoms with van der Waals surface area (Å²) >= 11 is 0. The molecule has 0 amide bonds. The molecule has 0 aliphatic rings. The van der Waals surface area contributed by atoms with E-state index in [1.54, 1.807) is 0 Å². The zero-order chi connectivity index (χ0) is 33.1. The fourth-order valence-corrected chi connectivity index (χ4v) is 5.98. The van der Waals surface area contributed by atoms with Gasteiger partial charge in [-0.05, 0) is 18.8 Å². The van der Waals surface area contributed by atoms with E-state index < -0.39 is 6.10 Å². The van der Waals surface area contributed by atoms with Crippen LogP contribution in [0.15, 0.2) is 0 Å². The lowest BCUT2D eigenvalue weighted by Crippen LogP contribution is -2.25. The number of aliphatic hydroxyl groups excluding tert-OH is 1. The standard InChI is InChI=1S/C40H78O5/c1-4-5-6-7-8-9-21-24-27-30-33-39(42)44-35-38(41)36-45-40(43)34-31-28-25-22-19-17-15-13-11-10-12-14-16-18-20-23-26-29-32-37(2)3/h37-38,41H,4-36H2,1-3H3/t38-/m1/s1. The number of esters is 2. The maximum Gasteiger partial charge on any atom is 0.305 e. The molecule has 0 aliphatic carbocycles. The van der Waals surface area contributed by atoms with Gasteiger partial charge in [-0.25, -0.2) is 0 Å². The van der Waals surface area contributed by atoms with Crippen LogP contribution in [0.1, 0.15) is 220 Å². The minimum absolute atomic E-state index is 0.108. The van der Waals surface area contributed by atoms with Gasteiger partial charge in [0.25, 0.3) is 0 Å². The SMILES string of the molecule is CCCCCCCCCCCCC(=O)OC[C@@H](O)COC(=O)CCCCCCCCCCCCCCCCCCCCC(C)C. The third kappa shape index (κ3) is 37.2. The van der Waals surface area contributed by atoms with Crippen LogP contribution in [0.2, 0.25) is 0 Å². The summed E-state index contributed by atoms with van der Waals surface area (Å²) in [6, 6.07) is 0. The number of carbonyl (C=O) groups excluding carboxylic acids is 2. The molecule has 0 radical (unpaired) electrons. The van der Waals surface area contributed by atoms with Crippen molar-refractivity contribution in [2.45, 2.75) is 226 Å². The quantitative estimate of drug-likeness (QED) is 0.0546. The Morgan fingerprint density at radius 1 is 0.444 bits per heavy atom. The highest BCUT2D eigenvalue weighted by molar-refractivity contribution is 5.69. The van der Waals surface area contributed by atoms with Gasteiger partial charge in [0, 0.05) is 12.8 Å². The zero-order valence-electron chi connectivity index (χ0n) is 30.6. The second-order valence-corrected chi connectivity index (χ2v) is 14.2. The van der Waals surface area contributed by atoms with Crippen LogP contribution < -0.4 is 0 Å². The molecule has 1 atom stereocenters. The molecule has 0 rings (SSSR count). The molecule has 0 aromatic rings. The lowest BCUT2D eigenvalue weighted by molar-refractivity contribution is -0.152. The van der Waals surface area contributed by atoms with Crippen LogP contribution in [0.5, 0.6) is 0 Å². The topological polar surface area (TPSA) is 72.8 Å². The van der Waals surface area contributed by atoms with Crippen LogP contribution in [0.3, 0.4) is 0 Å². The normalized spacial score (nSPS) is 12.1. The summed E-state index contributed by atoms with van der Waals surface area (Å²) in [5.74, 6) is 0.311. The van der Waals surface area contributed by atoms with Crippen molar-refractivity contribution in [2.75, 3.05) is 13.2 Å². The van der Waals surface area contributed by atoms with Crippen molar-refractivity contribution in [3.8, 4) is 0 Å². The highest BCUT2D eigenvalue weighted by Gasteiger charge is 2.12. The molecule has 0 aliphatic heterocycles. The second kappa shape index (κ2) is 35.7. The molecular formula is C40H78O5. The third-order valence-corrected chi connectivity index (χ3v) is 9.02. The van der Waals surface area contributed by atoms with Gasteiger partial charge in [0.1, 0.15) is 19.3 Å². The number of ether oxygens (including phenoxy) is 2. The number of hydrogen-bond donors (Lipinski definition) is 1. The van der Waals surface area contributed by atoms with Crippen molar-refractivity contribution in [1.29, 1.82) is 0 Å². The van der Waals surface area contributed by atoms with E-state index in [1.165, 1.54) is 161 Å². The van der Waals surface area contributed by atoms with Gasteiger partial charge >= 0.3 is 11.9 Å². The summed E-state index contributed by atoms with van der Waals surface area (Å²) in [6.07, 6.45) is 37.4. The summed E-state index contributed by atoms with van der Waals surface area (Å²) in [5, 5.41) is 9.98. The average molecular weight is 639 g/mol. The van der Waals surface area contributed by atoms with Crippen molar-refractivity contribution >= 4 is 11.9 Å². The molecule has 0 saturated carbocycles. The first-order chi connectivity index (χ1) is 22.0. The molecule has 45 heavy (non-hydrogen) atoms. The third-order valence-electron chi connectivity index (χ3n) is 9.02. The van der Waals surface area contributed by atoms with Crippen LogP contribution >= 0.6 is 0 Å². The average Bonchev–Trinajstić information content (AvgIpc) is 3.02. The van der Waals surface area contributed by atoms with Gasteiger partial charge in [-0.2, -0.15) is 0 Å². The molecule has 0 heterocycles. The number of hydrogen-bond acceptors (Lipinski definition) is 5. The van der Waals surface area contributed by atoms with E-state index in [2.05, 4.69) is 20.8 Å². The first kappa shape index (κ1) is 43.9. The van der Waals surface area contributed by atoms with Crippen LogP contribution in [0.4, 0.5) is 0 Å². The maximum absolute atomic E-state index is 12.0. The Kier molecular flexibility index (Phi) is 34.9. The highest BCUT2D eigenvalue weighted by Crippen LogP contribution is 2.16. The number of unbranched alkanes of at least 4 members (excludes halogenated alkanes) is 26. The summed E-state index contributed by atoms with van der Waals surface area (Å²) in [6.45, 7) is 6.68. The predicted octanol–water partition coefficient (Wildman–Crippen LogP) is 12.2. The molecule has 5 nitrogen and oxygen atoms in total. The lowest BCUT2D eigenvalue weighted by Gasteiger charge is -2.12. The van der Waals surface area contributed by atoms with Gasteiger partial charge in [0.05, 0.1) is 0 Å². The van der Waals surface area contributed by atoms with Gasteiger partial charge in [-0.1, -0.05) is 194 Å². The molecular weight excluding hydrogens is 560 g/mol. The van der Waals surface area contributed by atoms with Gasteiger partial charge < -0.3 is 14.6 Å². The molecule has 0 spiro atoms. The van der Waals surface area contributed by atoms with Crippen molar-refractivity contribution in [2.24, 2.45) is 5.92 Å². The molecule has 1 N–H and O–H groups in total. The number of rotatable bonds is 36. The van der Waals surface area contributed by atoms with E-state index in [1.807, 2.05) is 0 Å². The summed E-state index contributed by atoms with van der Waals surface area (Å²) in [4.78, 5) is 23.9. The van der Waals surface area contributed by atoms with E-state index in [0.717, 1.165) is 31.6 Å². The van der Waals surface area contributed by atoms with Gasteiger partial charge in [-0.3, -0.25) is 9.59 Å². The molecule has 5 heteroatoms. The summed E-state index contributed by atoms with van der Waals surface area (Å²) < 4.78 is 10.3. The second-order valence-electron chi connectivity index (χ2n) is 14.2. The Labute approximate surface area is 280 Å². The smallest absolute Gasteiger partial charge is 0.305 e. The first-order valence-electron chi connectivity index (χ1n) is 19.9. The molecule has 0 aromatic heterocycles. The van der Waals surface area contributed by atoms with E-state index in [9.17, 15) is 14.7 Å². The lowest BCUT2D eigenvalue weighted by atomic mass is 10.0. The van der Waals surface area contributed by atoms with Crippen LogP contribution in [0.25, 0.3) is 0 Å². The fraction of sp³-hybridized carbons (Fsp3) is 0.950. The summed E-state index contributed by atoms with van der Waals surface area (Å²) in [7, 11) is 0. The van der Waals surface area contributed by atoms with Gasteiger partial charge in [0.15, 0.2) is 0 Å². The number of carbonyl (C=O) groups is 2. The summed E-state index contributed by atoms with van der Waals surface area (Å²) in [5.41, 5.74) is 0. The Morgan fingerprint density at radius 3 is 1.00 bits per heavy atom. The minimum Gasteiger partial charge on any atom is -0.463 e. The van der Waals surface area contributed by atoms with Crippen LogP contribution in [-0.4, -0.2) is 36.4 Å². The fourth-order valence-electron chi connectivity index (χ4n) is 5.98. The highest BCUT2D eigenvalue weighted by atomic mass is 16.6. The maximum atomic E-state index is 12.0. The molecule has 0 saturated heterocycles. The van der Waals surface area contributed by atoms with Crippen LogP contribution in [-0.2, 0) is 19.1 Å². The van der Waals surface area contributed by atoms with Crippen LogP contribution in [0, 0.1) is 5.92 Å². The van der Waals surface area contributed by atoms with Crippen molar-refractivity contribution in [3.05, 3.63) is 0 Å². The Bertz CT molecular complexity index is 620. The zero-order valence-corrected chi connectivity index (χ0v) is 30.6. The monoisotopic (exact) mass is 639 g/mol. The Balaban J connectivity index is 3.34. The van der Waals surface area contributed by atoms with E-state index in [0.29, 0.717) is 12.8 Å². The molecule has 0 fully saturated rings. The largest absolute Gasteiger partial charge is 0.463 e. The van der Waals surface area contributed by atoms with E-state index in [-0.39, 0.29) is 25.2 Å². The van der Waals surface area contributed by atoms with Gasteiger partial charge in [-0.15, -0.1) is 0 Å². The van der Waals surface area contributed by atoms with E-state index in [4.69, 9.17) is 9.47 Å². The molecule has 0 unspecified atom stereocenters.